The van der Waals surface area contributed by atoms with Gasteiger partial charge in [0.05, 0.1) is 5.76 Å². The van der Waals surface area contributed by atoms with Crippen molar-refractivity contribution in [3.8, 4) is 0 Å². The number of carbonyl (C=O) groups excluding carboxylic acids is 1. The molecule has 18 heavy (non-hydrogen) atoms. The van der Waals surface area contributed by atoms with Crippen LogP contribution in [-0.4, -0.2) is 46.7 Å². The first-order valence-electron chi connectivity index (χ1n) is 6.00. The summed E-state index contributed by atoms with van der Waals surface area (Å²) in [6.45, 7) is 6.53. The number of aliphatic hydroxyl groups is 1. The van der Waals surface area contributed by atoms with E-state index in [4.69, 9.17) is 5.11 Å². The second-order valence-corrected chi connectivity index (χ2v) is 4.06. The molecule has 1 N–H and O–H groups in total. The van der Waals surface area contributed by atoms with E-state index in [1.165, 1.54) is 19.9 Å². The van der Waals surface area contributed by atoms with Crippen molar-refractivity contribution in [2.45, 2.75) is 53.1 Å². The maximum Gasteiger partial charge on any atom is 2.00 e. The molecule has 0 aromatic heterocycles. The van der Waals surface area contributed by atoms with Crippen molar-refractivity contribution < 1.29 is 20.1 Å². The zero-order valence-electron chi connectivity index (χ0n) is 11.9. The Labute approximate surface area is 126 Å². The van der Waals surface area contributed by atoms with E-state index in [0.717, 1.165) is 12.8 Å². The monoisotopic (exact) mass is 268 g/mol. The second-order valence-electron chi connectivity index (χ2n) is 4.06. The van der Waals surface area contributed by atoms with Crippen LogP contribution >= 0.6 is 0 Å². The van der Waals surface area contributed by atoms with Gasteiger partial charge in [-0.25, -0.2) is 0 Å². The van der Waals surface area contributed by atoms with Crippen LogP contribution in [0.5, 0.6) is 0 Å². The van der Waals surface area contributed by atoms with Crippen LogP contribution in [0.1, 0.15) is 47.0 Å². The van der Waals surface area contributed by atoms with Gasteiger partial charge in [-0.2, -0.15) is 0 Å². The van der Waals surface area contributed by atoms with Crippen LogP contribution in [0.2, 0.25) is 0 Å². The molecule has 0 aliphatic carbocycles. The topological polar surface area (TPSA) is 83.4 Å². The van der Waals surface area contributed by atoms with Gasteiger partial charge in [0, 0.05) is 6.08 Å². The van der Waals surface area contributed by atoms with Crippen LogP contribution in [0.3, 0.4) is 0 Å². The third kappa shape index (κ3) is 15.9. The smallest absolute Gasteiger partial charge is 0.854 e. The summed E-state index contributed by atoms with van der Waals surface area (Å²) in [5.74, 6) is -0.201. The van der Waals surface area contributed by atoms with E-state index < -0.39 is 6.10 Å². The first-order valence-corrected chi connectivity index (χ1v) is 6.00. The summed E-state index contributed by atoms with van der Waals surface area (Å²) >= 11 is 0. The fourth-order valence-electron chi connectivity index (χ4n) is 1.30. The Bertz CT molecular complexity index is 221. The Morgan fingerprint density at radius 1 is 1.33 bits per heavy atom. The predicted octanol–water partition coefficient (Wildman–Crippen LogP) is 0.558. The van der Waals surface area contributed by atoms with E-state index in [1.807, 2.05) is 13.8 Å². The van der Waals surface area contributed by atoms with Gasteiger partial charge in [-0.3, -0.25) is 4.79 Å². The average Bonchev–Trinajstić information content (AvgIpc) is 2.18. The van der Waals surface area contributed by atoms with Crippen molar-refractivity contribution in [1.29, 1.82) is 0 Å². The molecule has 5 heteroatoms. The van der Waals surface area contributed by atoms with Gasteiger partial charge in [-0.15, -0.1) is 12.7 Å². The summed E-state index contributed by atoms with van der Waals surface area (Å²) in [6, 6.07) is 0. The Morgan fingerprint density at radius 2 is 1.83 bits per heavy atom. The standard InChI is InChI=1S/C8H16O2.C5H8O2.Mg/c1-3-5-8(10)7(4-2)6-9;1-4(6)3-5(2)7;/h7-8H,3-6H2,1-2H3;3,6H,1-2H3;/q-2;;+2/b;4-3-;. The third-order valence-electron chi connectivity index (χ3n) is 2.25. The molecule has 4 nitrogen and oxygen atoms in total. The van der Waals surface area contributed by atoms with E-state index in [1.54, 1.807) is 0 Å². The molecule has 0 amide bonds. The SMILES string of the molecule is CC(=O)/C=C(/C)O.CCCC([O-])C(CC)C[O-].[Mg+2]. The van der Waals surface area contributed by atoms with Gasteiger partial charge >= 0.3 is 23.1 Å². The molecular weight excluding hydrogens is 244 g/mol. The Hall–Kier alpha value is -0.104. The maximum atomic E-state index is 11.1. The number of ketones is 1. The van der Waals surface area contributed by atoms with Crippen molar-refractivity contribution in [2.24, 2.45) is 5.92 Å². The number of allylic oxidation sites excluding steroid dienone is 2. The van der Waals surface area contributed by atoms with Gasteiger partial charge < -0.3 is 15.3 Å². The number of aliphatic hydroxyl groups excluding tert-OH is 1. The molecule has 0 radical (unpaired) electrons. The van der Waals surface area contributed by atoms with Crippen LogP contribution in [0.25, 0.3) is 0 Å². The van der Waals surface area contributed by atoms with E-state index in [2.05, 4.69) is 0 Å². The molecular formula is C13H24MgO4. The summed E-state index contributed by atoms with van der Waals surface area (Å²) < 4.78 is 0. The molecule has 0 saturated carbocycles. The van der Waals surface area contributed by atoms with E-state index >= 15 is 0 Å². The van der Waals surface area contributed by atoms with E-state index in [9.17, 15) is 15.0 Å². The number of hydrogen-bond donors (Lipinski definition) is 1. The summed E-state index contributed by atoms with van der Waals surface area (Å²) in [6.07, 6.45) is 2.83. The first kappa shape index (κ1) is 23.0. The van der Waals surface area contributed by atoms with Crippen molar-refractivity contribution in [3.05, 3.63) is 11.8 Å². The molecule has 102 valence electrons. The van der Waals surface area contributed by atoms with Gasteiger partial charge in [0.25, 0.3) is 0 Å². The molecule has 0 heterocycles. The first-order chi connectivity index (χ1) is 7.88. The summed E-state index contributed by atoms with van der Waals surface area (Å²) in [5, 5.41) is 29.8. The van der Waals surface area contributed by atoms with Crippen LogP contribution in [0.4, 0.5) is 0 Å². The van der Waals surface area contributed by atoms with E-state index in [-0.39, 0.29) is 47.1 Å². The fourth-order valence-corrected chi connectivity index (χ4v) is 1.30. The molecule has 0 rings (SSSR count). The zero-order chi connectivity index (χ0) is 13.8. The van der Waals surface area contributed by atoms with Gasteiger partial charge in [0.15, 0.2) is 5.78 Å². The molecule has 2 unspecified atom stereocenters. The molecule has 0 fully saturated rings. The van der Waals surface area contributed by atoms with Crippen LogP contribution in [-0.2, 0) is 4.79 Å². The minimum Gasteiger partial charge on any atom is -0.854 e. The normalized spacial score (nSPS) is 13.8. The summed E-state index contributed by atoms with van der Waals surface area (Å²) in [4.78, 5) is 10.0. The second kappa shape index (κ2) is 15.0. The van der Waals surface area contributed by atoms with Gasteiger partial charge in [-0.05, 0) is 13.8 Å². The van der Waals surface area contributed by atoms with Crippen molar-refractivity contribution in [3.63, 3.8) is 0 Å². The van der Waals surface area contributed by atoms with Crippen LogP contribution < -0.4 is 10.2 Å². The Morgan fingerprint density at radius 3 is 2.00 bits per heavy atom. The van der Waals surface area contributed by atoms with Crippen LogP contribution in [0, 0.1) is 5.92 Å². The Balaban J connectivity index is -0.000000251. The van der Waals surface area contributed by atoms with Crippen molar-refractivity contribution >= 4 is 28.8 Å². The van der Waals surface area contributed by atoms with Gasteiger partial charge in [0.1, 0.15) is 0 Å². The minimum absolute atomic E-state index is 0. The van der Waals surface area contributed by atoms with Crippen molar-refractivity contribution in [2.75, 3.05) is 6.61 Å². The van der Waals surface area contributed by atoms with E-state index in [0.29, 0.717) is 6.42 Å². The zero-order valence-corrected chi connectivity index (χ0v) is 13.4. The Kier molecular flexibility index (Phi) is 19.1. The number of hydrogen-bond acceptors (Lipinski definition) is 4. The molecule has 2 atom stereocenters. The van der Waals surface area contributed by atoms with Crippen LogP contribution in [0.15, 0.2) is 11.8 Å². The predicted molar refractivity (Wildman–Crippen MR) is 70.2 cm³/mol. The average molecular weight is 269 g/mol. The quantitative estimate of drug-likeness (QED) is 0.433. The number of rotatable bonds is 6. The molecule has 0 saturated heterocycles. The molecule has 0 aromatic carbocycles. The molecule has 0 spiro atoms. The summed E-state index contributed by atoms with van der Waals surface area (Å²) in [5.41, 5.74) is 0. The van der Waals surface area contributed by atoms with Crippen molar-refractivity contribution in [1.82, 2.24) is 0 Å². The third-order valence-corrected chi connectivity index (χ3v) is 2.25. The molecule has 0 aliphatic rings. The summed E-state index contributed by atoms with van der Waals surface area (Å²) in [7, 11) is 0. The molecule has 0 aliphatic heterocycles. The maximum absolute atomic E-state index is 11.1. The largest absolute Gasteiger partial charge is 2.00 e. The fraction of sp³-hybridized carbons (Fsp3) is 0.769. The van der Waals surface area contributed by atoms with Gasteiger partial charge in [-0.1, -0.05) is 39.0 Å². The molecule has 0 aromatic rings. The van der Waals surface area contributed by atoms with Gasteiger partial charge in [0.2, 0.25) is 0 Å². The number of carbonyl (C=O) groups is 1. The molecule has 0 bridgehead atoms. The minimum atomic E-state index is -0.618.